The number of nitriles is 1. The van der Waals surface area contributed by atoms with Crippen LogP contribution in [0.1, 0.15) is 34.9 Å². The fourth-order valence-corrected chi connectivity index (χ4v) is 4.59. The van der Waals surface area contributed by atoms with Gasteiger partial charge in [0.2, 0.25) is 0 Å². The molecule has 0 saturated heterocycles. The van der Waals surface area contributed by atoms with E-state index in [0.717, 1.165) is 52.6 Å². The minimum absolute atomic E-state index is 0.0511. The van der Waals surface area contributed by atoms with Gasteiger partial charge in [0.1, 0.15) is 23.4 Å². The molecule has 1 aliphatic rings. The highest BCUT2D eigenvalue weighted by molar-refractivity contribution is 7.16. The Kier molecular flexibility index (Phi) is 5.92. The molecule has 3 rings (SSSR count). The molecule has 6 heteroatoms. The van der Waals surface area contributed by atoms with Crippen molar-refractivity contribution in [1.82, 2.24) is 0 Å². The number of aryl methyl sites for hydroxylation is 1. The Morgan fingerprint density at radius 1 is 1.35 bits per heavy atom. The van der Waals surface area contributed by atoms with Crippen molar-refractivity contribution in [2.24, 2.45) is 0 Å². The minimum atomic E-state index is -0.0511. The monoisotopic (exact) mass is 370 g/mol. The van der Waals surface area contributed by atoms with Gasteiger partial charge in [-0.2, -0.15) is 5.26 Å². The first-order valence-corrected chi connectivity index (χ1v) is 9.80. The highest BCUT2D eigenvalue weighted by Gasteiger charge is 2.23. The zero-order chi connectivity index (χ0) is 18.5. The van der Waals surface area contributed by atoms with E-state index < -0.39 is 0 Å². The number of carbonyl (C=O) groups is 1. The zero-order valence-electron chi connectivity index (χ0n) is 15.2. The van der Waals surface area contributed by atoms with Gasteiger partial charge < -0.3 is 15.0 Å². The number of benzene rings is 1. The first-order chi connectivity index (χ1) is 12.6. The molecular formula is C20H24N3O2S+. The van der Waals surface area contributed by atoms with Gasteiger partial charge in [0.25, 0.3) is 5.91 Å². The molecule has 1 aromatic carbocycles. The highest BCUT2D eigenvalue weighted by atomic mass is 32.1. The molecule has 0 fully saturated rings. The van der Waals surface area contributed by atoms with Crippen LogP contribution in [0, 0.1) is 11.3 Å². The third-order valence-corrected chi connectivity index (χ3v) is 5.70. The van der Waals surface area contributed by atoms with E-state index in [1.807, 2.05) is 38.2 Å². The normalized spacial score (nSPS) is 13.7. The predicted molar refractivity (Wildman–Crippen MR) is 103 cm³/mol. The molecule has 0 bridgehead atoms. The lowest BCUT2D eigenvalue weighted by Gasteiger charge is -2.14. The van der Waals surface area contributed by atoms with Crippen molar-refractivity contribution >= 4 is 22.2 Å². The largest absolute Gasteiger partial charge is 0.494 e. The summed E-state index contributed by atoms with van der Waals surface area (Å²) in [5.41, 5.74) is 2.97. The average Bonchev–Trinajstić information content (AvgIpc) is 3.17. The summed E-state index contributed by atoms with van der Waals surface area (Å²) >= 11 is 1.56. The van der Waals surface area contributed by atoms with E-state index >= 15 is 0 Å². The molecule has 2 aromatic rings. The van der Waals surface area contributed by atoms with Gasteiger partial charge in [-0.05, 0) is 56.0 Å². The fraction of sp³-hybridized carbons (Fsp3) is 0.400. The molecule has 0 saturated carbocycles. The maximum atomic E-state index is 12.4. The fourth-order valence-electron chi connectivity index (χ4n) is 3.34. The van der Waals surface area contributed by atoms with Crippen molar-refractivity contribution in [1.29, 1.82) is 5.26 Å². The van der Waals surface area contributed by atoms with E-state index in [1.54, 1.807) is 11.3 Å². The molecule has 1 atom stereocenters. The van der Waals surface area contributed by atoms with Gasteiger partial charge in [-0.15, -0.1) is 11.3 Å². The van der Waals surface area contributed by atoms with Crippen molar-refractivity contribution < 1.29 is 14.4 Å². The van der Waals surface area contributed by atoms with E-state index in [9.17, 15) is 10.1 Å². The summed E-state index contributed by atoms with van der Waals surface area (Å²) in [6, 6.07) is 10.2. The number of nitrogens with zero attached hydrogens (tertiary/aromatic N) is 1. The molecule has 1 unspecified atom stereocenters. The SMILES string of the molecule is CCOc1ccc(C[NH+](C)CC(=O)Nc2sc3c(c2C#N)CCC3)cc1. The Balaban J connectivity index is 1.55. The number of likely N-dealkylation sites (N-methyl/N-ethyl adjacent to an activating group) is 1. The topological polar surface area (TPSA) is 66.6 Å². The molecule has 0 radical (unpaired) electrons. The lowest BCUT2D eigenvalue weighted by atomic mass is 10.1. The maximum absolute atomic E-state index is 12.4. The van der Waals surface area contributed by atoms with Crippen LogP contribution < -0.4 is 15.0 Å². The van der Waals surface area contributed by atoms with Crippen LogP contribution in [0.25, 0.3) is 0 Å². The van der Waals surface area contributed by atoms with Gasteiger partial charge >= 0.3 is 0 Å². The summed E-state index contributed by atoms with van der Waals surface area (Å²) < 4.78 is 5.45. The van der Waals surface area contributed by atoms with Gasteiger partial charge in [-0.1, -0.05) is 0 Å². The molecule has 0 aliphatic heterocycles. The molecule has 1 amide bonds. The van der Waals surface area contributed by atoms with E-state index in [1.165, 1.54) is 4.88 Å². The van der Waals surface area contributed by atoms with Crippen molar-refractivity contribution in [2.75, 3.05) is 25.5 Å². The second kappa shape index (κ2) is 8.35. The molecule has 136 valence electrons. The lowest BCUT2D eigenvalue weighted by molar-refractivity contribution is -0.885. The first kappa shape index (κ1) is 18.4. The Labute approximate surface area is 158 Å². The van der Waals surface area contributed by atoms with Gasteiger partial charge in [-0.3, -0.25) is 4.79 Å². The summed E-state index contributed by atoms with van der Waals surface area (Å²) in [5.74, 6) is 0.811. The quantitative estimate of drug-likeness (QED) is 0.785. The Morgan fingerprint density at radius 2 is 2.12 bits per heavy atom. The number of rotatable bonds is 7. The molecular weight excluding hydrogens is 346 g/mol. The number of amides is 1. The predicted octanol–water partition coefficient (Wildman–Crippen LogP) is 2.16. The third kappa shape index (κ3) is 4.24. The molecule has 26 heavy (non-hydrogen) atoms. The summed E-state index contributed by atoms with van der Waals surface area (Å²) in [7, 11) is 2.00. The summed E-state index contributed by atoms with van der Waals surface area (Å²) in [5, 5.41) is 13.1. The lowest BCUT2D eigenvalue weighted by Crippen LogP contribution is -3.08. The number of quaternary nitrogens is 1. The smallest absolute Gasteiger partial charge is 0.280 e. The Bertz CT molecular complexity index is 821. The number of thiophene rings is 1. The van der Waals surface area contributed by atoms with Crippen LogP contribution in [0.3, 0.4) is 0 Å². The van der Waals surface area contributed by atoms with E-state index in [4.69, 9.17) is 4.74 Å². The number of anilines is 1. The van der Waals surface area contributed by atoms with Gasteiger partial charge in [0, 0.05) is 10.4 Å². The van der Waals surface area contributed by atoms with Crippen LogP contribution in [0.5, 0.6) is 5.75 Å². The molecule has 5 nitrogen and oxygen atoms in total. The van der Waals surface area contributed by atoms with Crippen molar-refractivity contribution in [3.8, 4) is 11.8 Å². The van der Waals surface area contributed by atoms with Crippen molar-refractivity contribution in [3.05, 3.63) is 45.8 Å². The second-order valence-corrected chi connectivity index (χ2v) is 7.71. The maximum Gasteiger partial charge on any atom is 0.280 e. The molecule has 1 aromatic heterocycles. The van der Waals surface area contributed by atoms with Gasteiger partial charge in [-0.25, -0.2) is 0 Å². The zero-order valence-corrected chi connectivity index (χ0v) is 16.0. The molecule has 1 heterocycles. The number of fused-ring (bicyclic) bond motifs is 1. The molecule has 2 N–H and O–H groups in total. The number of carbonyl (C=O) groups excluding carboxylic acids is 1. The van der Waals surface area contributed by atoms with Crippen LogP contribution in [0.2, 0.25) is 0 Å². The standard InChI is InChI=1S/C20H23N3O2S/c1-3-25-15-9-7-14(8-10-15)12-23(2)13-19(24)22-20-17(11-21)16-5-4-6-18(16)26-20/h7-10H,3-6,12-13H2,1-2H3,(H,22,24)/p+1. The van der Waals surface area contributed by atoms with Crippen molar-refractivity contribution in [3.63, 3.8) is 0 Å². The minimum Gasteiger partial charge on any atom is -0.494 e. The van der Waals surface area contributed by atoms with Crippen LogP contribution in [0.4, 0.5) is 5.00 Å². The number of ether oxygens (including phenoxy) is 1. The van der Waals surface area contributed by atoms with Crippen LogP contribution >= 0.6 is 11.3 Å². The van der Waals surface area contributed by atoms with Crippen LogP contribution in [0.15, 0.2) is 24.3 Å². The van der Waals surface area contributed by atoms with E-state index in [0.29, 0.717) is 18.7 Å². The average molecular weight is 370 g/mol. The highest BCUT2D eigenvalue weighted by Crippen LogP contribution is 2.38. The van der Waals surface area contributed by atoms with Crippen LogP contribution in [-0.2, 0) is 24.2 Å². The first-order valence-electron chi connectivity index (χ1n) is 8.98. The van der Waals surface area contributed by atoms with Gasteiger partial charge in [0.05, 0.1) is 19.2 Å². The number of hydrogen-bond donors (Lipinski definition) is 2. The Morgan fingerprint density at radius 3 is 2.81 bits per heavy atom. The molecule has 1 aliphatic carbocycles. The summed E-state index contributed by atoms with van der Waals surface area (Å²) in [6.45, 7) is 3.73. The Hall–Kier alpha value is -2.36. The molecule has 0 spiro atoms. The van der Waals surface area contributed by atoms with Gasteiger partial charge in [0.15, 0.2) is 6.54 Å². The van der Waals surface area contributed by atoms with Crippen molar-refractivity contribution in [2.45, 2.75) is 32.7 Å². The van der Waals surface area contributed by atoms with E-state index in [-0.39, 0.29) is 5.91 Å². The summed E-state index contributed by atoms with van der Waals surface area (Å²) in [4.78, 5) is 14.7. The second-order valence-electron chi connectivity index (χ2n) is 6.61. The number of hydrogen-bond acceptors (Lipinski definition) is 4. The summed E-state index contributed by atoms with van der Waals surface area (Å²) in [6.07, 6.45) is 3.08. The van der Waals surface area contributed by atoms with Crippen LogP contribution in [-0.4, -0.2) is 26.1 Å². The third-order valence-electron chi connectivity index (χ3n) is 4.49. The van der Waals surface area contributed by atoms with E-state index in [2.05, 4.69) is 11.4 Å². The number of nitrogens with one attached hydrogen (secondary N) is 2.